The van der Waals surface area contributed by atoms with Crippen molar-refractivity contribution in [3.8, 4) is 0 Å². The second kappa shape index (κ2) is 8.02. The zero-order valence-corrected chi connectivity index (χ0v) is 17.7. The first-order chi connectivity index (χ1) is 15.1. The molecular weight excluding hydrogens is 388 g/mol. The van der Waals surface area contributed by atoms with Crippen LogP contribution in [-0.4, -0.2) is 40.0 Å². The second-order valence-corrected chi connectivity index (χ2v) is 8.37. The van der Waals surface area contributed by atoms with Crippen LogP contribution in [0.25, 0.3) is 0 Å². The van der Waals surface area contributed by atoms with Crippen LogP contribution < -0.4 is 4.90 Å². The number of amides is 2. The number of nitrogens with zero attached hydrogens (tertiary/aromatic N) is 3. The highest BCUT2D eigenvalue weighted by Crippen LogP contribution is 2.33. The minimum absolute atomic E-state index is 0.0405. The van der Waals surface area contributed by atoms with Gasteiger partial charge in [0, 0.05) is 24.3 Å². The summed E-state index contributed by atoms with van der Waals surface area (Å²) in [5.74, 6) is -0.0567. The van der Waals surface area contributed by atoms with Gasteiger partial charge in [-0.2, -0.15) is 5.10 Å². The fourth-order valence-electron chi connectivity index (χ4n) is 4.77. The van der Waals surface area contributed by atoms with Crippen LogP contribution in [0.2, 0.25) is 0 Å². The van der Waals surface area contributed by atoms with Crippen molar-refractivity contribution < 1.29 is 9.59 Å². The van der Waals surface area contributed by atoms with Gasteiger partial charge >= 0.3 is 0 Å². The van der Waals surface area contributed by atoms with Crippen molar-refractivity contribution in [1.82, 2.24) is 15.1 Å². The van der Waals surface area contributed by atoms with Crippen molar-refractivity contribution in [3.05, 3.63) is 82.7 Å². The number of aromatic amines is 1. The first-order valence-corrected chi connectivity index (χ1v) is 10.9. The lowest BCUT2D eigenvalue weighted by molar-refractivity contribution is 0.0605. The highest BCUT2D eigenvalue weighted by Gasteiger charge is 2.32. The minimum Gasteiger partial charge on any atom is -0.330 e. The molecule has 0 saturated carbocycles. The molecule has 0 bridgehead atoms. The molecule has 2 aliphatic rings. The van der Waals surface area contributed by atoms with E-state index in [9.17, 15) is 9.59 Å². The summed E-state index contributed by atoms with van der Waals surface area (Å²) in [6, 6.07) is 17.4. The van der Waals surface area contributed by atoms with Crippen LogP contribution in [0.4, 0.5) is 5.69 Å². The van der Waals surface area contributed by atoms with Crippen molar-refractivity contribution in [3.63, 3.8) is 0 Å². The Balaban J connectivity index is 1.40. The van der Waals surface area contributed by atoms with Gasteiger partial charge in [-0.3, -0.25) is 14.7 Å². The molecule has 2 aliphatic heterocycles. The normalized spacial score (nSPS) is 18.2. The summed E-state index contributed by atoms with van der Waals surface area (Å²) in [5.41, 5.74) is 5.10. The third kappa shape index (κ3) is 3.52. The van der Waals surface area contributed by atoms with Crippen molar-refractivity contribution in [2.45, 2.75) is 38.6 Å². The third-order valence-corrected chi connectivity index (χ3v) is 6.45. The number of hydrogen-bond acceptors (Lipinski definition) is 3. The molecule has 158 valence electrons. The Morgan fingerprint density at radius 2 is 1.81 bits per heavy atom. The molecule has 3 aromatic rings. The highest BCUT2D eigenvalue weighted by molar-refractivity contribution is 6.06. The van der Waals surface area contributed by atoms with E-state index in [-0.39, 0.29) is 17.9 Å². The van der Waals surface area contributed by atoms with Crippen LogP contribution in [0.1, 0.15) is 63.0 Å². The number of benzene rings is 2. The van der Waals surface area contributed by atoms with E-state index in [1.54, 1.807) is 4.90 Å². The van der Waals surface area contributed by atoms with Gasteiger partial charge in [-0.25, -0.2) is 0 Å². The van der Waals surface area contributed by atoms with E-state index < -0.39 is 0 Å². The molecule has 0 spiro atoms. The molecule has 5 rings (SSSR count). The molecule has 0 radical (unpaired) electrons. The minimum atomic E-state index is -0.0972. The average Bonchev–Trinajstić information content (AvgIpc) is 3.46. The molecule has 31 heavy (non-hydrogen) atoms. The lowest BCUT2D eigenvalue weighted by Gasteiger charge is -2.35. The van der Waals surface area contributed by atoms with E-state index in [2.05, 4.69) is 16.3 Å². The number of likely N-dealkylation sites (tertiary alicyclic amines) is 1. The van der Waals surface area contributed by atoms with Crippen LogP contribution in [0, 0.1) is 6.92 Å². The Morgan fingerprint density at radius 1 is 1.00 bits per heavy atom. The molecule has 3 heterocycles. The second-order valence-electron chi connectivity index (χ2n) is 8.37. The number of piperidine rings is 1. The molecule has 6 heteroatoms. The average molecular weight is 415 g/mol. The Morgan fingerprint density at radius 3 is 2.68 bits per heavy atom. The Bertz CT molecular complexity index is 1140. The summed E-state index contributed by atoms with van der Waals surface area (Å²) < 4.78 is 0. The van der Waals surface area contributed by atoms with Crippen molar-refractivity contribution in [2.75, 3.05) is 18.0 Å². The van der Waals surface area contributed by atoms with Crippen LogP contribution in [0.5, 0.6) is 0 Å². The molecule has 6 nitrogen and oxygen atoms in total. The number of rotatable bonds is 3. The Hall–Kier alpha value is -3.41. The van der Waals surface area contributed by atoms with Gasteiger partial charge in [0.25, 0.3) is 11.8 Å². The first kappa shape index (κ1) is 19.5. The van der Waals surface area contributed by atoms with Gasteiger partial charge in [0.05, 0.1) is 11.7 Å². The zero-order valence-electron chi connectivity index (χ0n) is 17.7. The number of aryl methyl sites for hydroxylation is 1. The van der Waals surface area contributed by atoms with Crippen LogP contribution in [0.3, 0.4) is 0 Å². The number of H-pyrrole nitrogens is 1. The van der Waals surface area contributed by atoms with E-state index >= 15 is 0 Å². The number of aromatic nitrogens is 2. The Labute approximate surface area is 181 Å². The number of anilines is 1. The van der Waals surface area contributed by atoms with Gasteiger partial charge in [-0.05, 0) is 61.9 Å². The maximum Gasteiger partial charge on any atom is 0.278 e. The van der Waals surface area contributed by atoms with Gasteiger partial charge < -0.3 is 9.80 Å². The van der Waals surface area contributed by atoms with Gasteiger partial charge in [0.2, 0.25) is 0 Å². The number of nitrogens with one attached hydrogen (secondary N) is 1. The van der Waals surface area contributed by atoms with Gasteiger partial charge in [0.1, 0.15) is 0 Å². The van der Waals surface area contributed by atoms with E-state index in [1.807, 2.05) is 60.4 Å². The predicted octanol–water partition coefficient (Wildman–Crippen LogP) is 4.29. The largest absolute Gasteiger partial charge is 0.330 e. The maximum atomic E-state index is 13.3. The molecule has 2 aromatic carbocycles. The number of carbonyl (C=O) groups is 2. The molecule has 1 saturated heterocycles. The van der Waals surface area contributed by atoms with Gasteiger partial charge in [-0.1, -0.05) is 36.4 Å². The quantitative estimate of drug-likeness (QED) is 0.695. The number of carbonyl (C=O) groups excluding carboxylic acids is 2. The number of para-hydroxylation sites is 1. The van der Waals surface area contributed by atoms with Crippen molar-refractivity contribution >= 4 is 17.5 Å². The Kier molecular flexibility index (Phi) is 5.06. The monoisotopic (exact) mass is 414 g/mol. The van der Waals surface area contributed by atoms with E-state index in [1.165, 1.54) is 5.56 Å². The van der Waals surface area contributed by atoms with Crippen molar-refractivity contribution in [2.24, 2.45) is 0 Å². The molecule has 2 amide bonds. The summed E-state index contributed by atoms with van der Waals surface area (Å²) in [6.07, 6.45) is 3.75. The number of hydrogen-bond donors (Lipinski definition) is 1. The van der Waals surface area contributed by atoms with Crippen LogP contribution >= 0.6 is 0 Å². The zero-order chi connectivity index (χ0) is 21.4. The summed E-state index contributed by atoms with van der Waals surface area (Å²) in [7, 11) is 0. The lowest BCUT2D eigenvalue weighted by Crippen LogP contribution is -2.39. The molecule has 1 aromatic heterocycles. The van der Waals surface area contributed by atoms with Crippen molar-refractivity contribution in [1.29, 1.82) is 0 Å². The SMILES string of the molecule is Cc1ccccc1C(=O)N1CCCCC1c1cc(C(=O)N2CCc3ccccc32)n[nH]1. The topological polar surface area (TPSA) is 69.3 Å². The summed E-state index contributed by atoms with van der Waals surface area (Å²) in [4.78, 5) is 30.2. The maximum absolute atomic E-state index is 13.3. The number of fused-ring (bicyclic) bond motifs is 1. The summed E-state index contributed by atoms with van der Waals surface area (Å²) >= 11 is 0. The highest BCUT2D eigenvalue weighted by atomic mass is 16.2. The smallest absolute Gasteiger partial charge is 0.278 e. The van der Waals surface area contributed by atoms with Crippen LogP contribution in [0.15, 0.2) is 54.6 Å². The predicted molar refractivity (Wildman–Crippen MR) is 119 cm³/mol. The third-order valence-electron chi connectivity index (χ3n) is 6.45. The van der Waals surface area contributed by atoms with Crippen LogP contribution in [-0.2, 0) is 6.42 Å². The van der Waals surface area contributed by atoms with Gasteiger partial charge in [0.15, 0.2) is 5.69 Å². The molecule has 1 unspecified atom stereocenters. The fourth-order valence-corrected chi connectivity index (χ4v) is 4.77. The van der Waals surface area contributed by atoms with Gasteiger partial charge in [-0.15, -0.1) is 0 Å². The molecule has 0 aliphatic carbocycles. The molecule has 1 atom stereocenters. The lowest BCUT2D eigenvalue weighted by atomic mass is 9.97. The first-order valence-electron chi connectivity index (χ1n) is 10.9. The summed E-state index contributed by atoms with van der Waals surface area (Å²) in [5, 5.41) is 7.40. The molecular formula is C25H26N4O2. The molecule has 1 fully saturated rings. The van der Waals surface area contributed by atoms with E-state index in [0.29, 0.717) is 18.8 Å². The molecule has 1 N–H and O–H groups in total. The fraction of sp³-hybridized carbons (Fsp3) is 0.320. The standard InChI is InChI=1S/C25H26N4O2/c1-17-8-2-4-10-19(17)24(30)28-14-7-6-12-23(28)20-16-21(27-26-20)25(31)29-15-13-18-9-3-5-11-22(18)29/h2-5,8-11,16,23H,6-7,12-15H2,1H3,(H,26,27). The summed E-state index contributed by atoms with van der Waals surface area (Å²) in [6.45, 7) is 3.34. The van der Waals surface area contributed by atoms with E-state index in [0.717, 1.165) is 48.2 Å². The van der Waals surface area contributed by atoms with E-state index in [4.69, 9.17) is 0 Å².